The van der Waals surface area contributed by atoms with Crippen LogP contribution >= 0.6 is 11.6 Å². The van der Waals surface area contributed by atoms with Crippen molar-refractivity contribution in [3.8, 4) is 0 Å². The smallest absolute Gasteiger partial charge is 0.328 e. The highest BCUT2D eigenvalue weighted by Crippen LogP contribution is 2.30. The lowest BCUT2D eigenvalue weighted by Gasteiger charge is -2.23. The second-order valence-corrected chi connectivity index (χ2v) is 3.78. The third-order valence-electron chi connectivity index (χ3n) is 2.33. The van der Waals surface area contributed by atoms with Crippen molar-refractivity contribution in [2.24, 2.45) is 5.73 Å². The second-order valence-electron chi connectivity index (χ2n) is 3.38. The van der Waals surface area contributed by atoms with Crippen molar-refractivity contribution >= 4 is 29.3 Å². The number of rotatable bonds is 2. The van der Waals surface area contributed by atoms with Gasteiger partial charge in [0.2, 0.25) is 5.96 Å². The number of hydrogen-bond donors (Lipinski definition) is 3. The average molecular weight is 255 g/mol. The Labute approximate surface area is 105 Å². The first-order chi connectivity index (χ1) is 8.02. The molecule has 6 heteroatoms. The first-order valence-corrected chi connectivity index (χ1v) is 5.54. The number of benzene rings is 1. The molecule has 17 heavy (non-hydrogen) atoms. The molecule has 0 atom stereocenters. The number of anilines is 1. The first-order valence-electron chi connectivity index (χ1n) is 5.16. The lowest BCUT2D eigenvalue weighted by molar-refractivity contribution is 0.251. The minimum absolute atomic E-state index is 0.368. The quantitative estimate of drug-likeness (QED) is 0.557. The van der Waals surface area contributed by atoms with Gasteiger partial charge in [-0.3, -0.25) is 5.41 Å². The fourth-order valence-corrected chi connectivity index (χ4v) is 1.82. The number of aryl methyl sites for hydroxylation is 1. The highest BCUT2D eigenvalue weighted by atomic mass is 35.5. The van der Waals surface area contributed by atoms with Gasteiger partial charge in [0.1, 0.15) is 0 Å². The van der Waals surface area contributed by atoms with E-state index >= 15 is 0 Å². The molecule has 0 fully saturated rings. The monoisotopic (exact) mass is 254 g/mol. The molecule has 5 nitrogen and oxygen atoms in total. The first kappa shape index (κ1) is 13.3. The SMILES string of the molecule is CCc1cccc(Cl)c1N(C(=N)N)C(=O)NC. The van der Waals surface area contributed by atoms with Crippen LogP contribution in [-0.4, -0.2) is 19.0 Å². The van der Waals surface area contributed by atoms with E-state index in [0.717, 1.165) is 10.5 Å². The van der Waals surface area contributed by atoms with E-state index in [9.17, 15) is 4.79 Å². The molecule has 0 saturated heterocycles. The maximum absolute atomic E-state index is 11.7. The molecule has 4 N–H and O–H groups in total. The summed E-state index contributed by atoms with van der Waals surface area (Å²) in [5.74, 6) is -0.368. The molecule has 0 aliphatic heterocycles. The Morgan fingerprint density at radius 2 is 2.24 bits per heavy atom. The zero-order valence-electron chi connectivity index (χ0n) is 9.75. The zero-order valence-corrected chi connectivity index (χ0v) is 10.5. The van der Waals surface area contributed by atoms with Crippen LogP contribution in [0.4, 0.5) is 10.5 Å². The standard InChI is InChI=1S/C11H15ClN4O/c1-3-7-5-4-6-8(12)9(7)16(10(13)14)11(17)15-2/h4-6H,3H2,1-2H3,(H3,13,14)(H,15,17). The van der Waals surface area contributed by atoms with Gasteiger partial charge in [0, 0.05) is 7.05 Å². The fraction of sp³-hybridized carbons (Fsp3) is 0.273. The Morgan fingerprint density at radius 3 is 2.71 bits per heavy atom. The molecular weight excluding hydrogens is 240 g/mol. The van der Waals surface area contributed by atoms with Crippen molar-refractivity contribution in [3.05, 3.63) is 28.8 Å². The maximum atomic E-state index is 11.7. The van der Waals surface area contributed by atoms with Crippen LogP contribution in [0, 0.1) is 5.41 Å². The number of hydrogen-bond acceptors (Lipinski definition) is 2. The number of urea groups is 1. The Bertz CT molecular complexity index is 447. The van der Waals surface area contributed by atoms with Gasteiger partial charge in [-0.25, -0.2) is 9.69 Å². The van der Waals surface area contributed by atoms with Gasteiger partial charge in [0.25, 0.3) is 0 Å². The van der Waals surface area contributed by atoms with Crippen LogP contribution in [0.3, 0.4) is 0 Å². The molecule has 0 aliphatic rings. The van der Waals surface area contributed by atoms with E-state index in [4.69, 9.17) is 22.7 Å². The van der Waals surface area contributed by atoms with Crippen LogP contribution < -0.4 is 16.0 Å². The summed E-state index contributed by atoms with van der Waals surface area (Å²) < 4.78 is 0. The van der Waals surface area contributed by atoms with Crippen molar-refractivity contribution in [1.29, 1.82) is 5.41 Å². The number of halogens is 1. The van der Waals surface area contributed by atoms with Gasteiger partial charge in [0.15, 0.2) is 0 Å². The number of guanidine groups is 1. The Morgan fingerprint density at radius 1 is 1.59 bits per heavy atom. The van der Waals surface area contributed by atoms with Crippen LogP contribution in [0.15, 0.2) is 18.2 Å². The molecule has 1 rings (SSSR count). The largest absolute Gasteiger partial charge is 0.369 e. The number of nitrogens with one attached hydrogen (secondary N) is 2. The highest BCUT2D eigenvalue weighted by Gasteiger charge is 2.22. The zero-order chi connectivity index (χ0) is 13.0. The summed E-state index contributed by atoms with van der Waals surface area (Å²) in [4.78, 5) is 12.8. The van der Waals surface area contributed by atoms with Gasteiger partial charge >= 0.3 is 6.03 Å². The second kappa shape index (κ2) is 5.54. The van der Waals surface area contributed by atoms with Crippen LogP contribution in [0.5, 0.6) is 0 Å². The van der Waals surface area contributed by atoms with Crippen molar-refractivity contribution in [2.75, 3.05) is 11.9 Å². The minimum atomic E-state index is -0.486. The van der Waals surface area contributed by atoms with Crippen molar-refractivity contribution in [2.45, 2.75) is 13.3 Å². The summed E-state index contributed by atoms with van der Waals surface area (Å²) in [6, 6.07) is 4.82. The van der Waals surface area contributed by atoms with Gasteiger partial charge in [-0.05, 0) is 18.1 Å². The molecule has 0 aliphatic carbocycles. The molecule has 0 bridgehead atoms. The molecule has 0 heterocycles. The van der Waals surface area contributed by atoms with Crippen LogP contribution in [0.2, 0.25) is 5.02 Å². The van der Waals surface area contributed by atoms with Crippen molar-refractivity contribution in [1.82, 2.24) is 5.32 Å². The molecule has 0 radical (unpaired) electrons. The molecule has 92 valence electrons. The number of carbonyl (C=O) groups excluding carboxylic acids is 1. The predicted octanol–water partition coefficient (Wildman–Crippen LogP) is 1.94. The number of carbonyl (C=O) groups is 1. The lowest BCUT2D eigenvalue weighted by atomic mass is 10.1. The molecule has 0 spiro atoms. The van der Waals surface area contributed by atoms with Crippen LogP contribution in [0.25, 0.3) is 0 Å². The average Bonchev–Trinajstić information content (AvgIpc) is 2.30. The van der Waals surface area contributed by atoms with Gasteiger partial charge in [-0.15, -0.1) is 0 Å². The summed E-state index contributed by atoms with van der Waals surface area (Å²) >= 11 is 6.07. The van der Waals surface area contributed by atoms with Gasteiger partial charge < -0.3 is 11.1 Å². The van der Waals surface area contributed by atoms with E-state index in [1.807, 2.05) is 13.0 Å². The van der Waals surface area contributed by atoms with Crippen molar-refractivity contribution < 1.29 is 4.79 Å². The topological polar surface area (TPSA) is 82.2 Å². The molecule has 1 aromatic rings. The molecule has 1 aromatic carbocycles. The summed E-state index contributed by atoms with van der Waals surface area (Å²) in [5, 5.41) is 10.3. The summed E-state index contributed by atoms with van der Waals surface area (Å²) in [6.07, 6.45) is 0.691. The van der Waals surface area contributed by atoms with E-state index in [1.165, 1.54) is 7.05 Å². The van der Waals surface area contributed by atoms with Crippen molar-refractivity contribution in [3.63, 3.8) is 0 Å². The molecule has 0 saturated carbocycles. The molecule has 2 amide bonds. The number of para-hydroxylation sites is 1. The fourth-order valence-electron chi connectivity index (χ4n) is 1.54. The van der Waals surface area contributed by atoms with E-state index in [2.05, 4.69) is 5.32 Å². The molecular formula is C11H15ClN4O. The van der Waals surface area contributed by atoms with E-state index in [-0.39, 0.29) is 5.96 Å². The molecule has 0 aromatic heterocycles. The van der Waals surface area contributed by atoms with Gasteiger partial charge in [0.05, 0.1) is 10.7 Å². The normalized spacial score (nSPS) is 9.82. The van der Waals surface area contributed by atoms with E-state index < -0.39 is 6.03 Å². The van der Waals surface area contributed by atoms with Crippen LogP contribution in [-0.2, 0) is 6.42 Å². The Kier molecular flexibility index (Phi) is 4.34. The molecule has 0 unspecified atom stereocenters. The maximum Gasteiger partial charge on any atom is 0.328 e. The van der Waals surface area contributed by atoms with Gasteiger partial charge in [-0.2, -0.15) is 0 Å². The number of amides is 2. The van der Waals surface area contributed by atoms with Gasteiger partial charge in [-0.1, -0.05) is 30.7 Å². The third kappa shape index (κ3) is 2.68. The highest BCUT2D eigenvalue weighted by molar-refractivity contribution is 6.35. The van der Waals surface area contributed by atoms with E-state index in [1.54, 1.807) is 12.1 Å². The van der Waals surface area contributed by atoms with Crippen LogP contribution in [0.1, 0.15) is 12.5 Å². The minimum Gasteiger partial charge on any atom is -0.369 e. The number of nitrogens with two attached hydrogens (primary N) is 1. The summed E-state index contributed by atoms with van der Waals surface area (Å²) in [5.41, 5.74) is 6.75. The Hall–Kier alpha value is -1.75. The lowest BCUT2D eigenvalue weighted by Crippen LogP contribution is -2.46. The third-order valence-corrected chi connectivity index (χ3v) is 2.64. The number of nitrogens with zero attached hydrogens (tertiary/aromatic N) is 1. The summed E-state index contributed by atoms with van der Waals surface area (Å²) in [6.45, 7) is 1.94. The van der Waals surface area contributed by atoms with E-state index in [0.29, 0.717) is 17.1 Å². The predicted molar refractivity (Wildman–Crippen MR) is 69.7 cm³/mol. The summed E-state index contributed by atoms with van der Waals surface area (Å²) in [7, 11) is 1.47. The Balaban J connectivity index is 3.37.